The lowest BCUT2D eigenvalue weighted by atomic mass is 10.1. The molecule has 0 saturated carbocycles. The number of amides is 1. The minimum absolute atomic E-state index is 0.112. The molecule has 0 spiro atoms. The summed E-state index contributed by atoms with van der Waals surface area (Å²) in [4.78, 5) is 24.7. The molecule has 1 saturated heterocycles. The average Bonchev–Trinajstić information content (AvgIpc) is 3.54. The SMILES string of the molecule is COC(=O)c1cccc(C#Cc2cccc(NC(=O)c3cc(S(=O)(=O)N4CCCC4)cn3C)c2)c1. The second-order valence-electron chi connectivity index (χ2n) is 8.14. The Morgan fingerprint density at radius 3 is 2.31 bits per heavy atom. The second-order valence-corrected chi connectivity index (χ2v) is 10.1. The molecule has 3 aromatic rings. The molecule has 2 heterocycles. The smallest absolute Gasteiger partial charge is 0.337 e. The maximum Gasteiger partial charge on any atom is 0.337 e. The van der Waals surface area contributed by atoms with Gasteiger partial charge in [0.15, 0.2) is 0 Å². The molecule has 1 N–H and O–H groups in total. The highest BCUT2D eigenvalue weighted by atomic mass is 32.2. The van der Waals surface area contributed by atoms with Crippen molar-refractivity contribution >= 4 is 27.6 Å². The van der Waals surface area contributed by atoms with Gasteiger partial charge in [-0.3, -0.25) is 4.79 Å². The number of ether oxygens (including phenoxy) is 1. The topological polar surface area (TPSA) is 97.7 Å². The molecule has 0 unspecified atom stereocenters. The van der Waals surface area contributed by atoms with Crippen LogP contribution < -0.4 is 5.32 Å². The van der Waals surface area contributed by atoms with E-state index in [1.54, 1.807) is 55.6 Å². The number of rotatable bonds is 5. The van der Waals surface area contributed by atoms with Gasteiger partial charge in [0.05, 0.1) is 12.7 Å². The van der Waals surface area contributed by atoms with Crippen LogP contribution in [0.4, 0.5) is 5.69 Å². The summed E-state index contributed by atoms with van der Waals surface area (Å²) in [5.74, 6) is 5.16. The first-order valence-electron chi connectivity index (χ1n) is 11.1. The van der Waals surface area contributed by atoms with Crippen LogP contribution in [0.5, 0.6) is 0 Å². The summed E-state index contributed by atoms with van der Waals surface area (Å²) in [6.07, 6.45) is 3.15. The molecular formula is C26H25N3O5S. The summed E-state index contributed by atoms with van der Waals surface area (Å²) >= 11 is 0. The molecule has 180 valence electrons. The maximum atomic E-state index is 12.9. The fourth-order valence-electron chi connectivity index (χ4n) is 3.83. The third kappa shape index (κ3) is 5.45. The number of carbonyl (C=O) groups is 2. The number of aromatic nitrogens is 1. The van der Waals surface area contributed by atoms with Crippen LogP contribution in [0.15, 0.2) is 65.7 Å². The molecule has 0 atom stereocenters. The predicted octanol–water partition coefficient (Wildman–Crippen LogP) is 3.25. The normalized spacial score (nSPS) is 13.7. The van der Waals surface area contributed by atoms with Crippen molar-refractivity contribution < 1.29 is 22.7 Å². The van der Waals surface area contributed by atoms with Crippen molar-refractivity contribution in [2.24, 2.45) is 7.05 Å². The van der Waals surface area contributed by atoms with Crippen LogP contribution in [0.1, 0.15) is 44.8 Å². The van der Waals surface area contributed by atoms with E-state index in [0.717, 1.165) is 12.8 Å². The van der Waals surface area contributed by atoms with Gasteiger partial charge < -0.3 is 14.6 Å². The van der Waals surface area contributed by atoms with Crippen LogP contribution in [0, 0.1) is 11.8 Å². The number of anilines is 1. The molecule has 1 aliphatic rings. The number of aryl methyl sites for hydroxylation is 1. The number of hydrogen-bond donors (Lipinski definition) is 1. The molecule has 1 aliphatic heterocycles. The quantitative estimate of drug-likeness (QED) is 0.437. The van der Waals surface area contributed by atoms with E-state index in [-0.39, 0.29) is 10.6 Å². The van der Waals surface area contributed by atoms with Crippen molar-refractivity contribution in [2.45, 2.75) is 17.7 Å². The van der Waals surface area contributed by atoms with Crippen molar-refractivity contribution in [1.82, 2.24) is 8.87 Å². The molecule has 9 heteroatoms. The van der Waals surface area contributed by atoms with Gasteiger partial charge in [0.1, 0.15) is 10.6 Å². The van der Waals surface area contributed by atoms with Crippen molar-refractivity contribution in [3.63, 3.8) is 0 Å². The Balaban J connectivity index is 1.50. The predicted molar refractivity (Wildman–Crippen MR) is 132 cm³/mol. The van der Waals surface area contributed by atoms with Gasteiger partial charge in [-0.2, -0.15) is 4.31 Å². The third-order valence-electron chi connectivity index (χ3n) is 5.67. The zero-order valence-electron chi connectivity index (χ0n) is 19.4. The number of esters is 1. The zero-order chi connectivity index (χ0) is 25.0. The second kappa shape index (κ2) is 10.2. The Morgan fingerprint density at radius 1 is 0.971 bits per heavy atom. The molecule has 4 rings (SSSR count). The first-order chi connectivity index (χ1) is 16.8. The number of nitrogens with zero attached hydrogens (tertiary/aromatic N) is 2. The number of benzene rings is 2. The molecule has 35 heavy (non-hydrogen) atoms. The Bertz CT molecular complexity index is 1440. The first-order valence-corrected chi connectivity index (χ1v) is 12.5. The fourth-order valence-corrected chi connectivity index (χ4v) is 5.42. The van der Waals surface area contributed by atoms with Crippen molar-refractivity contribution in [3.05, 3.63) is 83.2 Å². The van der Waals surface area contributed by atoms with Crippen LogP contribution in [0.2, 0.25) is 0 Å². The van der Waals surface area contributed by atoms with E-state index in [4.69, 9.17) is 4.74 Å². The van der Waals surface area contributed by atoms with Gasteiger partial charge >= 0.3 is 5.97 Å². The van der Waals surface area contributed by atoms with Gasteiger partial charge in [0, 0.05) is 43.1 Å². The standard InChI is InChI=1S/C26H25N3O5S/c1-28-18-23(35(32,33)29-13-3-4-14-29)17-24(28)25(30)27-22-10-6-8-20(16-22)12-11-19-7-5-9-21(15-19)26(31)34-2/h5-10,15-18H,3-4,13-14H2,1-2H3,(H,27,30). The minimum Gasteiger partial charge on any atom is -0.465 e. The van der Waals surface area contributed by atoms with Gasteiger partial charge in [0.2, 0.25) is 10.0 Å². The summed E-state index contributed by atoms with van der Waals surface area (Å²) in [5.41, 5.74) is 2.48. The number of hydrogen-bond acceptors (Lipinski definition) is 5. The average molecular weight is 492 g/mol. The monoisotopic (exact) mass is 491 g/mol. The molecule has 0 bridgehead atoms. The molecule has 2 aromatic carbocycles. The Kier molecular flexibility index (Phi) is 7.05. The largest absolute Gasteiger partial charge is 0.465 e. The van der Waals surface area contributed by atoms with Crippen LogP contribution >= 0.6 is 0 Å². The Labute approximate surface area is 204 Å². The molecule has 1 fully saturated rings. The van der Waals surface area contributed by atoms with E-state index < -0.39 is 21.9 Å². The van der Waals surface area contributed by atoms with Gasteiger partial charge in [-0.15, -0.1) is 0 Å². The number of nitrogens with one attached hydrogen (secondary N) is 1. The highest BCUT2D eigenvalue weighted by Crippen LogP contribution is 2.23. The third-order valence-corrected chi connectivity index (χ3v) is 7.53. The summed E-state index contributed by atoms with van der Waals surface area (Å²) in [6, 6.07) is 15.2. The number of methoxy groups -OCH3 is 1. The fraction of sp³-hybridized carbons (Fsp3) is 0.231. The summed E-state index contributed by atoms with van der Waals surface area (Å²) in [7, 11) is -0.648. The first kappa shape index (κ1) is 24.3. The van der Waals surface area contributed by atoms with Crippen LogP contribution in [0.3, 0.4) is 0 Å². The van der Waals surface area contributed by atoms with E-state index in [9.17, 15) is 18.0 Å². The van der Waals surface area contributed by atoms with E-state index in [1.165, 1.54) is 28.2 Å². The van der Waals surface area contributed by atoms with E-state index in [2.05, 4.69) is 17.2 Å². The maximum absolute atomic E-state index is 12.9. The molecule has 0 aliphatic carbocycles. The van der Waals surface area contributed by atoms with E-state index in [1.807, 2.05) is 0 Å². The van der Waals surface area contributed by atoms with Gasteiger partial charge in [-0.05, 0) is 55.3 Å². The van der Waals surface area contributed by atoms with Crippen LogP contribution in [-0.2, 0) is 21.8 Å². The van der Waals surface area contributed by atoms with Gasteiger partial charge in [-0.1, -0.05) is 24.0 Å². The number of sulfonamides is 1. The van der Waals surface area contributed by atoms with Gasteiger partial charge in [0.25, 0.3) is 5.91 Å². The summed E-state index contributed by atoms with van der Waals surface area (Å²) in [6.45, 7) is 0.999. The van der Waals surface area contributed by atoms with Crippen molar-refractivity contribution in [3.8, 4) is 11.8 Å². The summed E-state index contributed by atoms with van der Waals surface area (Å²) < 4.78 is 33.4. The molecule has 8 nitrogen and oxygen atoms in total. The number of carbonyl (C=O) groups excluding carboxylic acids is 2. The minimum atomic E-state index is -3.61. The highest BCUT2D eigenvalue weighted by molar-refractivity contribution is 7.89. The molecule has 0 radical (unpaired) electrons. The lowest BCUT2D eigenvalue weighted by molar-refractivity contribution is 0.0600. The van der Waals surface area contributed by atoms with Crippen molar-refractivity contribution in [1.29, 1.82) is 0 Å². The van der Waals surface area contributed by atoms with E-state index >= 15 is 0 Å². The van der Waals surface area contributed by atoms with Gasteiger partial charge in [-0.25, -0.2) is 13.2 Å². The lowest BCUT2D eigenvalue weighted by Crippen LogP contribution is -2.27. The highest BCUT2D eigenvalue weighted by Gasteiger charge is 2.29. The molecule has 1 aromatic heterocycles. The summed E-state index contributed by atoms with van der Waals surface area (Å²) in [5, 5.41) is 2.81. The zero-order valence-corrected chi connectivity index (χ0v) is 20.3. The molecular weight excluding hydrogens is 466 g/mol. The Hall–Kier alpha value is -3.87. The van der Waals surface area contributed by atoms with E-state index in [0.29, 0.717) is 35.5 Å². The molecule has 1 amide bonds. The lowest BCUT2D eigenvalue weighted by Gasteiger charge is -2.13. The van der Waals surface area contributed by atoms with Crippen LogP contribution in [-0.4, -0.2) is 49.4 Å². The van der Waals surface area contributed by atoms with Crippen molar-refractivity contribution in [2.75, 3.05) is 25.5 Å². The Morgan fingerprint density at radius 2 is 1.63 bits per heavy atom. The van der Waals surface area contributed by atoms with Crippen LogP contribution in [0.25, 0.3) is 0 Å².